The molecule has 0 bridgehead atoms. The predicted molar refractivity (Wildman–Crippen MR) is 78.4 cm³/mol. The summed E-state index contributed by atoms with van der Waals surface area (Å²) in [6, 6.07) is 4.25. The van der Waals surface area contributed by atoms with E-state index in [-0.39, 0.29) is 30.9 Å². The Kier molecular flexibility index (Phi) is 4.92. The lowest BCUT2D eigenvalue weighted by Gasteiger charge is -2.19. The van der Waals surface area contributed by atoms with Gasteiger partial charge in [-0.3, -0.25) is 4.79 Å². The number of aliphatic hydroxyl groups excluding tert-OH is 1. The smallest absolute Gasteiger partial charge is 0.314 e. The minimum atomic E-state index is -0.325. The van der Waals surface area contributed by atoms with E-state index < -0.39 is 0 Å². The number of aryl methyl sites for hydroxylation is 2. The maximum absolute atomic E-state index is 12.5. The Bertz CT molecular complexity index is 623. The summed E-state index contributed by atoms with van der Waals surface area (Å²) in [6.45, 7) is 2.56. The van der Waals surface area contributed by atoms with Crippen LogP contribution in [0.4, 0.5) is 0 Å². The van der Waals surface area contributed by atoms with Crippen LogP contribution in [0.25, 0.3) is 0 Å². The van der Waals surface area contributed by atoms with E-state index in [2.05, 4.69) is 10.1 Å². The minimum Gasteiger partial charge on any atom is -0.467 e. The SMILES string of the molecule is COc1nc(C(=O)N(CCO)Cc2ccc(C)s2)nn1C. The van der Waals surface area contributed by atoms with Gasteiger partial charge in [0.1, 0.15) is 0 Å². The third-order valence-corrected chi connectivity index (χ3v) is 3.88. The van der Waals surface area contributed by atoms with Gasteiger partial charge in [0.15, 0.2) is 0 Å². The van der Waals surface area contributed by atoms with E-state index in [9.17, 15) is 4.79 Å². The molecule has 1 amide bonds. The number of aliphatic hydroxyl groups is 1. The molecule has 0 unspecified atom stereocenters. The quantitative estimate of drug-likeness (QED) is 0.855. The summed E-state index contributed by atoms with van der Waals surface area (Å²) in [5.41, 5.74) is 0. The van der Waals surface area contributed by atoms with Gasteiger partial charge in [0.2, 0.25) is 5.82 Å². The zero-order valence-corrected chi connectivity index (χ0v) is 13.1. The zero-order chi connectivity index (χ0) is 15.4. The van der Waals surface area contributed by atoms with Gasteiger partial charge in [-0.05, 0) is 19.1 Å². The number of ether oxygens (including phenoxy) is 1. The van der Waals surface area contributed by atoms with Crippen LogP contribution in [0.3, 0.4) is 0 Å². The van der Waals surface area contributed by atoms with E-state index in [1.54, 1.807) is 18.4 Å². The second kappa shape index (κ2) is 6.68. The number of thiophene rings is 1. The van der Waals surface area contributed by atoms with Crippen molar-refractivity contribution in [3.05, 3.63) is 27.7 Å². The van der Waals surface area contributed by atoms with Gasteiger partial charge >= 0.3 is 6.01 Å². The summed E-state index contributed by atoms with van der Waals surface area (Å²) in [5, 5.41) is 13.2. The van der Waals surface area contributed by atoms with Crippen molar-refractivity contribution in [2.24, 2.45) is 7.05 Å². The topological polar surface area (TPSA) is 80.5 Å². The fraction of sp³-hybridized carbons (Fsp3) is 0.462. The van der Waals surface area contributed by atoms with Crippen LogP contribution < -0.4 is 4.74 Å². The molecule has 2 rings (SSSR count). The molecule has 0 aliphatic carbocycles. The maximum Gasteiger partial charge on any atom is 0.314 e. The largest absolute Gasteiger partial charge is 0.467 e. The van der Waals surface area contributed by atoms with Gasteiger partial charge in [0, 0.05) is 23.3 Å². The molecular formula is C13H18N4O3S. The van der Waals surface area contributed by atoms with Crippen molar-refractivity contribution in [1.29, 1.82) is 0 Å². The Balaban J connectivity index is 2.17. The van der Waals surface area contributed by atoms with Crippen molar-refractivity contribution in [2.45, 2.75) is 13.5 Å². The van der Waals surface area contributed by atoms with Crippen LogP contribution in [0.15, 0.2) is 12.1 Å². The molecule has 1 N–H and O–H groups in total. The summed E-state index contributed by atoms with van der Waals surface area (Å²) in [4.78, 5) is 20.3. The summed E-state index contributed by atoms with van der Waals surface area (Å²) < 4.78 is 6.41. The fourth-order valence-electron chi connectivity index (χ4n) is 1.91. The molecular weight excluding hydrogens is 292 g/mol. The number of carbonyl (C=O) groups excluding carboxylic acids is 1. The van der Waals surface area contributed by atoms with Crippen LogP contribution in [0.2, 0.25) is 0 Å². The summed E-state index contributed by atoms with van der Waals surface area (Å²) in [5.74, 6) is -0.259. The van der Waals surface area contributed by atoms with Crippen molar-refractivity contribution in [3.63, 3.8) is 0 Å². The number of hydrogen-bond donors (Lipinski definition) is 1. The highest BCUT2D eigenvalue weighted by atomic mass is 32.1. The van der Waals surface area contributed by atoms with Crippen molar-refractivity contribution >= 4 is 17.2 Å². The van der Waals surface area contributed by atoms with Crippen LogP contribution >= 0.6 is 11.3 Å². The van der Waals surface area contributed by atoms with E-state index in [0.29, 0.717) is 6.54 Å². The molecule has 0 fully saturated rings. The Morgan fingerprint density at radius 2 is 2.29 bits per heavy atom. The number of carbonyl (C=O) groups is 1. The molecule has 0 saturated heterocycles. The standard InChI is InChI=1S/C13H18N4O3S/c1-9-4-5-10(21-9)8-17(6-7-18)12(19)11-14-13(20-3)16(2)15-11/h4-5,18H,6-8H2,1-3H3. The van der Waals surface area contributed by atoms with E-state index in [1.165, 1.54) is 21.6 Å². The number of nitrogens with zero attached hydrogens (tertiary/aromatic N) is 4. The molecule has 114 valence electrons. The van der Waals surface area contributed by atoms with E-state index in [0.717, 1.165) is 4.88 Å². The second-order valence-corrected chi connectivity index (χ2v) is 5.88. The molecule has 0 spiro atoms. The van der Waals surface area contributed by atoms with Crippen molar-refractivity contribution in [3.8, 4) is 6.01 Å². The summed E-state index contributed by atoms with van der Waals surface area (Å²) in [6.07, 6.45) is 0. The van der Waals surface area contributed by atoms with Crippen molar-refractivity contribution < 1.29 is 14.6 Å². The number of aromatic nitrogens is 3. The number of rotatable bonds is 6. The Morgan fingerprint density at radius 3 is 2.81 bits per heavy atom. The van der Waals surface area contributed by atoms with Crippen LogP contribution in [-0.2, 0) is 13.6 Å². The number of methoxy groups -OCH3 is 1. The molecule has 0 saturated carbocycles. The molecule has 2 aromatic heterocycles. The molecule has 7 nitrogen and oxygen atoms in total. The van der Waals surface area contributed by atoms with Gasteiger partial charge in [-0.1, -0.05) is 0 Å². The van der Waals surface area contributed by atoms with Crippen LogP contribution in [0.1, 0.15) is 20.4 Å². The first-order valence-electron chi connectivity index (χ1n) is 6.45. The van der Waals surface area contributed by atoms with Gasteiger partial charge in [-0.25, -0.2) is 4.68 Å². The fourth-order valence-corrected chi connectivity index (χ4v) is 2.82. The van der Waals surface area contributed by atoms with Crippen molar-refractivity contribution in [1.82, 2.24) is 19.7 Å². The maximum atomic E-state index is 12.5. The summed E-state index contributed by atoms with van der Waals surface area (Å²) >= 11 is 1.62. The van der Waals surface area contributed by atoms with E-state index in [4.69, 9.17) is 9.84 Å². The van der Waals surface area contributed by atoms with Crippen LogP contribution in [-0.4, -0.2) is 50.9 Å². The van der Waals surface area contributed by atoms with Crippen LogP contribution in [0, 0.1) is 6.92 Å². The third-order valence-electron chi connectivity index (χ3n) is 2.90. The molecule has 0 atom stereocenters. The lowest BCUT2D eigenvalue weighted by molar-refractivity contribution is 0.0697. The molecule has 0 aromatic carbocycles. The molecule has 0 aliphatic heterocycles. The highest BCUT2D eigenvalue weighted by Crippen LogP contribution is 2.18. The zero-order valence-electron chi connectivity index (χ0n) is 12.2. The lowest BCUT2D eigenvalue weighted by atomic mass is 10.3. The minimum absolute atomic E-state index is 0.0658. The van der Waals surface area contributed by atoms with Gasteiger partial charge < -0.3 is 14.7 Å². The van der Waals surface area contributed by atoms with Gasteiger partial charge in [0.05, 0.1) is 20.3 Å². The van der Waals surface area contributed by atoms with Gasteiger partial charge in [0.25, 0.3) is 5.91 Å². The Hall–Kier alpha value is -1.93. The van der Waals surface area contributed by atoms with Gasteiger partial charge in [-0.15, -0.1) is 16.4 Å². The average Bonchev–Trinajstić information content (AvgIpc) is 3.03. The Morgan fingerprint density at radius 1 is 1.52 bits per heavy atom. The first kappa shape index (κ1) is 15.5. The third kappa shape index (κ3) is 3.59. The number of amides is 1. The number of hydrogen-bond acceptors (Lipinski definition) is 6. The first-order chi connectivity index (χ1) is 10.0. The molecule has 21 heavy (non-hydrogen) atoms. The Labute approximate surface area is 126 Å². The summed E-state index contributed by atoms with van der Waals surface area (Å²) in [7, 11) is 3.12. The van der Waals surface area contributed by atoms with E-state index >= 15 is 0 Å². The first-order valence-corrected chi connectivity index (χ1v) is 7.27. The highest BCUT2D eigenvalue weighted by Gasteiger charge is 2.22. The molecule has 0 aliphatic rings. The van der Waals surface area contributed by atoms with Crippen molar-refractivity contribution in [2.75, 3.05) is 20.3 Å². The van der Waals surface area contributed by atoms with Crippen LogP contribution in [0.5, 0.6) is 6.01 Å². The lowest BCUT2D eigenvalue weighted by Crippen LogP contribution is -2.33. The highest BCUT2D eigenvalue weighted by molar-refractivity contribution is 7.11. The second-order valence-electron chi connectivity index (χ2n) is 4.51. The predicted octanol–water partition coefficient (Wildman–Crippen LogP) is 0.828. The average molecular weight is 310 g/mol. The molecule has 2 heterocycles. The molecule has 0 radical (unpaired) electrons. The van der Waals surface area contributed by atoms with E-state index in [1.807, 2.05) is 19.1 Å². The normalized spacial score (nSPS) is 10.7. The molecule has 2 aromatic rings. The molecule has 8 heteroatoms. The monoisotopic (exact) mass is 310 g/mol. The van der Waals surface area contributed by atoms with Gasteiger partial charge in [-0.2, -0.15) is 4.98 Å².